The van der Waals surface area contributed by atoms with Crippen LogP contribution in [0.3, 0.4) is 0 Å². The van der Waals surface area contributed by atoms with Gasteiger partial charge in [0.2, 0.25) is 0 Å². The van der Waals surface area contributed by atoms with Crippen LogP contribution in [0.4, 0.5) is 5.69 Å². The van der Waals surface area contributed by atoms with Gasteiger partial charge in [-0.05, 0) is 42.3 Å². The van der Waals surface area contributed by atoms with E-state index in [1.165, 1.54) is 34.6 Å². The molecule has 0 aliphatic carbocycles. The quantitative estimate of drug-likeness (QED) is 0.209. The molecule has 0 spiro atoms. The normalized spacial score (nSPS) is 14.1. The fourth-order valence-corrected chi connectivity index (χ4v) is 4.05. The zero-order valence-corrected chi connectivity index (χ0v) is 23.4. The minimum atomic E-state index is -2.12. The second kappa shape index (κ2) is 12.7. The third kappa shape index (κ3) is 6.34. The van der Waals surface area contributed by atoms with Crippen LogP contribution >= 0.6 is 0 Å². The van der Waals surface area contributed by atoms with Gasteiger partial charge in [0.1, 0.15) is 0 Å². The summed E-state index contributed by atoms with van der Waals surface area (Å²) in [5.41, 5.74) is 5.81. The molecule has 1 aliphatic heterocycles. The predicted octanol–water partition coefficient (Wildman–Crippen LogP) is 7.41. The van der Waals surface area contributed by atoms with Gasteiger partial charge in [-0.15, -0.1) is 41.6 Å². The van der Waals surface area contributed by atoms with E-state index in [0.29, 0.717) is 11.8 Å². The standard InChI is InChI=1S/C21H23N2.C10H10N2.Ir/c1-15(2)18-11-8-12-19(16(3)4)20(18)23-14-13-22-21(23)17-9-6-5-7-10-17;1-11-7-8-12(9-11)10-5-3-2-4-6-10;/h5-9,11-16H,1-4H3;2-5,7-9H,1H3;/q-1;-2;+3/i;1D3;. The molecule has 0 fully saturated rings. The summed E-state index contributed by atoms with van der Waals surface area (Å²) >= 11 is 0. The van der Waals surface area contributed by atoms with Crippen molar-refractivity contribution in [3.05, 3.63) is 121 Å². The van der Waals surface area contributed by atoms with Crippen molar-refractivity contribution in [2.24, 2.45) is 0 Å². The summed E-state index contributed by atoms with van der Waals surface area (Å²) in [6.07, 6.45) is 7.15. The second-order valence-electron chi connectivity index (χ2n) is 8.97. The van der Waals surface area contributed by atoms with Gasteiger partial charge in [0, 0.05) is 22.2 Å². The first-order valence-corrected chi connectivity index (χ1v) is 11.9. The largest absolute Gasteiger partial charge is 3.00 e. The van der Waals surface area contributed by atoms with Crippen molar-refractivity contribution >= 4 is 5.69 Å². The summed E-state index contributed by atoms with van der Waals surface area (Å²) in [6.45, 7) is 8.38. The summed E-state index contributed by atoms with van der Waals surface area (Å²) in [7, 11) is 0. The fraction of sp³-hybridized carbons (Fsp3) is 0.226. The third-order valence-corrected chi connectivity index (χ3v) is 5.78. The van der Waals surface area contributed by atoms with E-state index in [9.17, 15) is 0 Å². The Kier molecular flexibility index (Phi) is 8.21. The van der Waals surface area contributed by atoms with Gasteiger partial charge in [0.05, 0.1) is 5.82 Å². The van der Waals surface area contributed by atoms with Gasteiger partial charge in [-0.2, -0.15) is 37.0 Å². The molecule has 5 rings (SSSR count). The van der Waals surface area contributed by atoms with Gasteiger partial charge in [-0.1, -0.05) is 45.9 Å². The van der Waals surface area contributed by atoms with Crippen molar-refractivity contribution in [1.82, 2.24) is 14.5 Å². The fourth-order valence-electron chi connectivity index (χ4n) is 4.05. The summed E-state index contributed by atoms with van der Waals surface area (Å²) in [5.74, 6) is 1.86. The molecular weight excluding hydrogens is 621 g/mol. The molecule has 5 heteroatoms. The smallest absolute Gasteiger partial charge is 0.510 e. The van der Waals surface area contributed by atoms with E-state index in [2.05, 4.69) is 79.8 Å². The third-order valence-electron chi connectivity index (χ3n) is 5.78. The zero-order valence-electron chi connectivity index (χ0n) is 24.0. The van der Waals surface area contributed by atoms with E-state index in [1.807, 2.05) is 42.6 Å². The Morgan fingerprint density at radius 3 is 2.11 bits per heavy atom. The van der Waals surface area contributed by atoms with Gasteiger partial charge in [-0.3, -0.25) is 4.98 Å². The molecule has 4 nitrogen and oxygen atoms in total. The number of anilines is 1. The minimum Gasteiger partial charge on any atom is -0.510 e. The van der Waals surface area contributed by atoms with Crippen molar-refractivity contribution in [2.45, 2.75) is 39.5 Å². The molecule has 36 heavy (non-hydrogen) atoms. The number of benzene rings is 3. The van der Waals surface area contributed by atoms with E-state index in [-0.39, 0.29) is 20.1 Å². The molecule has 2 heterocycles. The molecule has 0 N–H and O–H groups in total. The molecule has 0 radical (unpaired) electrons. The zero-order chi connectivity index (χ0) is 27.3. The van der Waals surface area contributed by atoms with Gasteiger partial charge >= 0.3 is 20.1 Å². The molecule has 1 aromatic heterocycles. The van der Waals surface area contributed by atoms with Crippen LogP contribution in [-0.2, 0) is 20.1 Å². The topological polar surface area (TPSA) is 24.3 Å². The van der Waals surface area contributed by atoms with Crippen molar-refractivity contribution in [3.8, 4) is 17.1 Å². The van der Waals surface area contributed by atoms with Crippen molar-refractivity contribution in [2.75, 3.05) is 11.9 Å². The van der Waals surface area contributed by atoms with Crippen molar-refractivity contribution < 1.29 is 24.2 Å². The Hall–Kier alpha value is -3.14. The predicted molar refractivity (Wildman–Crippen MR) is 145 cm³/mol. The van der Waals surface area contributed by atoms with Crippen LogP contribution in [0.5, 0.6) is 0 Å². The number of imidazole rings is 1. The molecule has 186 valence electrons. The molecule has 0 saturated carbocycles. The maximum Gasteiger partial charge on any atom is 3.00 e. The number of nitrogens with zero attached hydrogens (tertiary/aromatic N) is 4. The summed E-state index contributed by atoms with van der Waals surface area (Å²) in [5, 5.41) is 0. The van der Waals surface area contributed by atoms with Crippen LogP contribution in [0, 0.1) is 18.8 Å². The maximum atomic E-state index is 7.22. The second-order valence-corrected chi connectivity index (χ2v) is 8.97. The van der Waals surface area contributed by atoms with Gasteiger partial charge in [0.25, 0.3) is 0 Å². The Labute approximate surface area is 233 Å². The van der Waals surface area contributed by atoms with Crippen LogP contribution in [0.1, 0.15) is 54.8 Å². The van der Waals surface area contributed by atoms with Crippen LogP contribution < -0.4 is 4.90 Å². The Balaban J connectivity index is 0.000000228. The van der Waals surface area contributed by atoms with Crippen LogP contribution in [0.25, 0.3) is 17.1 Å². The van der Waals surface area contributed by atoms with E-state index in [1.54, 1.807) is 17.2 Å². The van der Waals surface area contributed by atoms with E-state index in [4.69, 9.17) is 4.11 Å². The Bertz CT molecular complexity index is 1320. The molecule has 1 aliphatic rings. The van der Waals surface area contributed by atoms with Crippen LogP contribution in [0.2, 0.25) is 0 Å². The van der Waals surface area contributed by atoms with Crippen molar-refractivity contribution in [3.63, 3.8) is 0 Å². The van der Waals surface area contributed by atoms with Crippen LogP contribution in [0.15, 0.2) is 91.5 Å². The molecule has 0 atom stereocenters. The summed E-state index contributed by atoms with van der Waals surface area (Å²) in [4.78, 5) is 7.50. The molecule has 0 unspecified atom stereocenters. The summed E-state index contributed by atoms with van der Waals surface area (Å²) < 4.78 is 23.9. The number of para-hydroxylation sites is 2. The van der Waals surface area contributed by atoms with Crippen molar-refractivity contribution in [1.29, 1.82) is 0 Å². The Morgan fingerprint density at radius 2 is 1.56 bits per heavy atom. The minimum absolute atomic E-state index is 0. The summed E-state index contributed by atoms with van der Waals surface area (Å²) in [6, 6.07) is 28.3. The monoisotopic (exact) mass is 657 g/mol. The molecule has 4 aromatic rings. The molecule has 0 saturated heterocycles. The Morgan fingerprint density at radius 1 is 0.861 bits per heavy atom. The SMILES string of the molecule is CC(C)c1cccc(C(C)C)c1-n1ccnc1-c1[c-]cccc1.[2H]C([2H])([2H])N1C=CN(c2[c-]cccc2)[CH-]1.[Ir+3]. The first-order valence-electron chi connectivity index (χ1n) is 13.4. The maximum absolute atomic E-state index is 7.22. The van der Waals surface area contributed by atoms with E-state index in [0.717, 1.165) is 17.1 Å². The van der Waals surface area contributed by atoms with Gasteiger partial charge in [-0.25, -0.2) is 0 Å². The van der Waals surface area contributed by atoms with Gasteiger partial charge in [0.15, 0.2) is 0 Å². The number of hydrogen-bond acceptors (Lipinski definition) is 3. The number of aromatic nitrogens is 2. The number of hydrogen-bond donors (Lipinski definition) is 0. The molecule has 0 amide bonds. The van der Waals surface area contributed by atoms with E-state index >= 15 is 0 Å². The van der Waals surface area contributed by atoms with Gasteiger partial charge < -0.3 is 14.4 Å². The van der Waals surface area contributed by atoms with E-state index < -0.39 is 6.98 Å². The molecule has 3 aromatic carbocycles. The number of rotatable bonds is 5. The first kappa shape index (κ1) is 23.3. The first-order chi connectivity index (χ1) is 18.2. The molecule has 0 bridgehead atoms. The average Bonchev–Trinajstić information content (AvgIpc) is 3.60. The average molecular weight is 657 g/mol. The molecular formula is C31H33IrN4. The van der Waals surface area contributed by atoms with Crippen LogP contribution in [-0.4, -0.2) is 21.4 Å².